The van der Waals surface area contributed by atoms with E-state index >= 15 is 0 Å². The van der Waals surface area contributed by atoms with E-state index in [1.165, 1.54) is 22.4 Å². The molecular weight excluding hydrogens is 246 g/mol. The van der Waals surface area contributed by atoms with E-state index in [0.717, 1.165) is 25.2 Å². The molecule has 3 heteroatoms. The van der Waals surface area contributed by atoms with Crippen LogP contribution < -0.4 is 0 Å². The second kappa shape index (κ2) is 6.23. The molecule has 0 fully saturated rings. The maximum Gasteiger partial charge on any atom is 0.0674 e. The van der Waals surface area contributed by atoms with Crippen molar-refractivity contribution in [2.24, 2.45) is 0 Å². The molecule has 0 amide bonds. The average molecular weight is 271 g/mol. The minimum absolute atomic E-state index is 0.967. The normalized spacial score (nSPS) is 11.3. The summed E-state index contributed by atoms with van der Waals surface area (Å²) in [5.41, 5.74) is 6.31. The fourth-order valence-electron chi connectivity index (χ4n) is 2.73. The van der Waals surface area contributed by atoms with Crippen molar-refractivity contribution in [3.63, 3.8) is 0 Å². The molecule has 1 aromatic heterocycles. The Morgan fingerprint density at radius 1 is 1.20 bits per heavy atom. The number of aromatic nitrogens is 2. The van der Waals surface area contributed by atoms with Crippen molar-refractivity contribution in [2.45, 2.75) is 40.3 Å². The summed E-state index contributed by atoms with van der Waals surface area (Å²) in [5, 5.41) is 4.67. The highest BCUT2D eigenvalue weighted by atomic mass is 15.3. The summed E-state index contributed by atoms with van der Waals surface area (Å²) in [6, 6.07) is 8.80. The molecule has 2 aromatic rings. The van der Waals surface area contributed by atoms with Gasteiger partial charge in [0.1, 0.15) is 0 Å². The predicted octanol–water partition coefficient (Wildman–Crippen LogP) is 3.64. The van der Waals surface area contributed by atoms with Gasteiger partial charge in [0.15, 0.2) is 0 Å². The van der Waals surface area contributed by atoms with Gasteiger partial charge in [0.25, 0.3) is 0 Å². The maximum atomic E-state index is 4.67. The minimum atomic E-state index is 0.967. The van der Waals surface area contributed by atoms with Crippen LogP contribution in [-0.4, -0.2) is 28.8 Å². The van der Waals surface area contributed by atoms with Gasteiger partial charge >= 0.3 is 0 Å². The zero-order chi connectivity index (χ0) is 14.7. The fraction of sp³-hybridized carbons (Fsp3) is 0.471. The van der Waals surface area contributed by atoms with E-state index in [2.05, 4.69) is 73.8 Å². The van der Waals surface area contributed by atoms with Gasteiger partial charge in [-0.15, -0.1) is 0 Å². The highest BCUT2D eigenvalue weighted by molar-refractivity contribution is 5.69. The lowest BCUT2D eigenvalue weighted by Gasteiger charge is -2.11. The molecule has 0 spiro atoms. The summed E-state index contributed by atoms with van der Waals surface area (Å²) in [6.07, 6.45) is 1.11. The molecule has 0 radical (unpaired) electrons. The Kier molecular flexibility index (Phi) is 4.61. The third-order valence-electron chi connectivity index (χ3n) is 3.53. The van der Waals surface area contributed by atoms with Gasteiger partial charge in [-0.3, -0.25) is 4.68 Å². The van der Waals surface area contributed by atoms with E-state index in [4.69, 9.17) is 0 Å². The standard InChI is InChI=1S/C17H25N3/c1-6-10-20-14(3)17(13(2)18-20)16-9-7-8-15(11-16)12-19(4)5/h7-9,11H,6,10,12H2,1-5H3. The SMILES string of the molecule is CCCn1nc(C)c(-c2cccc(CN(C)C)c2)c1C. The molecule has 0 aliphatic heterocycles. The Morgan fingerprint density at radius 2 is 1.95 bits per heavy atom. The second-order valence-corrected chi connectivity index (χ2v) is 5.71. The molecule has 2 rings (SSSR count). The third-order valence-corrected chi connectivity index (χ3v) is 3.53. The van der Waals surface area contributed by atoms with E-state index in [9.17, 15) is 0 Å². The van der Waals surface area contributed by atoms with Crippen LogP contribution in [0.25, 0.3) is 11.1 Å². The number of aryl methyl sites for hydroxylation is 2. The summed E-state index contributed by atoms with van der Waals surface area (Å²) in [4.78, 5) is 2.19. The summed E-state index contributed by atoms with van der Waals surface area (Å²) in [5.74, 6) is 0. The molecule has 0 aliphatic rings. The molecule has 0 N–H and O–H groups in total. The van der Waals surface area contributed by atoms with Crippen LogP contribution in [-0.2, 0) is 13.1 Å². The Morgan fingerprint density at radius 3 is 2.60 bits per heavy atom. The van der Waals surface area contributed by atoms with Crippen molar-refractivity contribution in [1.29, 1.82) is 0 Å². The molecular formula is C17H25N3. The van der Waals surface area contributed by atoms with Gasteiger partial charge in [0.2, 0.25) is 0 Å². The molecule has 0 bridgehead atoms. The monoisotopic (exact) mass is 271 g/mol. The third kappa shape index (κ3) is 3.10. The predicted molar refractivity (Wildman–Crippen MR) is 84.8 cm³/mol. The molecule has 1 heterocycles. The number of rotatable bonds is 5. The molecule has 20 heavy (non-hydrogen) atoms. The number of nitrogens with zero attached hydrogens (tertiary/aromatic N) is 3. The van der Waals surface area contributed by atoms with Gasteiger partial charge in [0, 0.05) is 24.3 Å². The lowest BCUT2D eigenvalue weighted by molar-refractivity contribution is 0.402. The minimum Gasteiger partial charge on any atom is -0.305 e. The Labute approximate surface area is 122 Å². The van der Waals surface area contributed by atoms with Crippen molar-refractivity contribution in [2.75, 3.05) is 14.1 Å². The Bertz CT molecular complexity index is 582. The second-order valence-electron chi connectivity index (χ2n) is 5.71. The molecule has 0 saturated heterocycles. The summed E-state index contributed by atoms with van der Waals surface area (Å²) in [7, 11) is 4.20. The van der Waals surface area contributed by atoms with Crippen molar-refractivity contribution in [3.05, 3.63) is 41.2 Å². The molecule has 0 unspecified atom stereocenters. The van der Waals surface area contributed by atoms with Crippen LogP contribution in [0.3, 0.4) is 0 Å². The smallest absolute Gasteiger partial charge is 0.0674 e. The Hall–Kier alpha value is -1.61. The van der Waals surface area contributed by atoms with Crippen molar-refractivity contribution >= 4 is 0 Å². The van der Waals surface area contributed by atoms with Crippen LogP contribution in [0, 0.1) is 13.8 Å². The van der Waals surface area contributed by atoms with Gasteiger partial charge in [-0.2, -0.15) is 5.10 Å². The quantitative estimate of drug-likeness (QED) is 0.828. The highest BCUT2D eigenvalue weighted by Gasteiger charge is 2.13. The van der Waals surface area contributed by atoms with Gasteiger partial charge in [-0.1, -0.05) is 25.1 Å². The van der Waals surface area contributed by atoms with Crippen LogP contribution in [0.2, 0.25) is 0 Å². The average Bonchev–Trinajstić information content (AvgIpc) is 2.64. The van der Waals surface area contributed by atoms with E-state index < -0.39 is 0 Å². The van der Waals surface area contributed by atoms with Crippen molar-refractivity contribution in [3.8, 4) is 11.1 Å². The summed E-state index contributed by atoms with van der Waals surface area (Å²) >= 11 is 0. The number of hydrogen-bond donors (Lipinski definition) is 0. The van der Waals surface area contributed by atoms with Crippen LogP contribution >= 0.6 is 0 Å². The van der Waals surface area contributed by atoms with Crippen LogP contribution in [0.1, 0.15) is 30.3 Å². The first kappa shape index (κ1) is 14.8. The lowest BCUT2D eigenvalue weighted by Crippen LogP contribution is -2.10. The largest absolute Gasteiger partial charge is 0.305 e. The van der Waals surface area contributed by atoms with Gasteiger partial charge < -0.3 is 4.90 Å². The first-order valence-electron chi connectivity index (χ1n) is 7.31. The lowest BCUT2D eigenvalue weighted by atomic mass is 10.0. The van der Waals surface area contributed by atoms with E-state index in [-0.39, 0.29) is 0 Å². The topological polar surface area (TPSA) is 21.1 Å². The highest BCUT2D eigenvalue weighted by Crippen LogP contribution is 2.28. The number of hydrogen-bond acceptors (Lipinski definition) is 2. The fourth-order valence-corrected chi connectivity index (χ4v) is 2.73. The van der Waals surface area contributed by atoms with Crippen molar-refractivity contribution < 1.29 is 0 Å². The number of benzene rings is 1. The van der Waals surface area contributed by atoms with Crippen molar-refractivity contribution in [1.82, 2.24) is 14.7 Å². The molecule has 108 valence electrons. The molecule has 3 nitrogen and oxygen atoms in total. The zero-order valence-corrected chi connectivity index (χ0v) is 13.3. The van der Waals surface area contributed by atoms with Gasteiger partial charge in [-0.25, -0.2) is 0 Å². The molecule has 0 aliphatic carbocycles. The molecule has 0 atom stereocenters. The maximum absolute atomic E-state index is 4.67. The van der Waals surface area contributed by atoms with Crippen LogP contribution in [0.5, 0.6) is 0 Å². The Balaban J connectivity index is 2.41. The summed E-state index contributed by atoms with van der Waals surface area (Å²) in [6.45, 7) is 8.42. The molecule has 0 saturated carbocycles. The van der Waals surface area contributed by atoms with E-state index in [1.807, 2.05) is 0 Å². The first-order chi connectivity index (χ1) is 9.52. The molecule has 1 aromatic carbocycles. The van der Waals surface area contributed by atoms with Gasteiger partial charge in [0.05, 0.1) is 5.69 Å². The van der Waals surface area contributed by atoms with Gasteiger partial charge in [-0.05, 0) is 51.6 Å². The van der Waals surface area contributed by atoms with E-state index in [0.29, 0.717) is 0 Å². The van der Waals surface area contributed by atoms with Crippen LogP contribution in [0.15, 0.2) is 24.3 Å². The zero-order valence-electron chi connectivity index (χ0n) is 13.3. The van der Waals surface area contributed by atoms with E-state index in [1.54, 1.807) is 0 Å². The first-order valence-corrected chi connectivity index (χ1v) is 7.31. The summed E-state index contributed by atoms with van der Waals surface area (Å²) < 4.78 is 2.13. The van der Waals surface area contributed by atoms with Crippen LogP contribution in [0.4, 0.5) is 0 Å².